The maximum absolute atomic E-state index is 13.1. The van der Waals surface area contributed by atoms with E-state index in [-0.39, 0.29) is 21.7 Å². The number of hydrogen-bond donors (Lipinski definition) is 0. The first kappa shape index (κ1) is 18.5. The van der Waals surface area contributed by atoms with Gasteiger partial charge in [0.05, 0.1) is 16.3 Å². The molecule has 0 radical (unpaired) electrons. The zero-order valence-electron chi connectivity index (χ0n) is 13.4. The Kier molecular flexibility index (Phi) is 4.79. The highest BCUT2D eigenvalue weighted by atomic mass is 35.5. The minimum atomic E-state index is -4.67. The van der Waals surface area contributed by atoms with Crippen LogP contribution in [-0.4, -0.2) is 14.8 Å². The zero-order valence-corrected chi connectivity index (χ0v) is 14.9. The van der Waals surface area contributed by atoms with Crippen molar-refractivity contribution in [3.05, 3.63) is 32.5 Å². The Labute approximate surface area is 146 Å². The van der Waals surface area contributed by atoms with Crippen molar-refractivity contribution in [3.8, 4) is 6.07 Å². The average Bonchev–Trinajstić information content (AvgIpc) is 3.03. The van der Waals surface area contributed by atoms with Crippen molar-refractivity contribution < 1.29 is 13.2 Å². The molecule has 0 saturated heterocycles. The van der Waals surface area contributed by atoms with Crippen LogP contribution >= 0.6 is 22.9 Å². The number of allylic oxidation sites excluding steroid dienone is 1. The Morgan fingerprint density at radius 2 is 2.00 bits per heavy atom. The lowest BCUT2D eigenvalue weighted by molar-refractivity contribution is -0.141. The van der Waals surface area contributed by atoms with Crippen molar-refractivity contribution in [1.29, 1.82) is 5.26 Å². The Hall–Kier alpha value is -1.85. The van der Waals surface area contributed by atoms with Gasteiger partial charge in [-0.15, -0.1) is 11.3 Å². The summed E-state index contributed by atoms with van der Waals surface area (Å²) in [4.78, 5) is 4.35. The van der Waals surface area contributed by atoms with Gasteiger partial charge in [0.2, 0.25) is 0 Å². The summed E-state index contributed by atoms with van der Waals surface area (Å²) in [5.41, 5.74) is -1.36. The van der Waals surface area contributed by atoms with Gasteiger partial charge in [-0.05, 0) is 6.08 Å². The lowest BCUT2D eigenvalue weighted by Gasteiger charge is -2.13. The molecule has 2 rings (SSSR count). The van der Waals surface area contributed by atoms with Gasteiger partial charge in [0.1, 0.15) is 11.2 Å². The molecule has 0 unspecified atom stereocenters. The van der Waals surface area contributed by atoms with Gasteiger partial charge in [0.25, 0.3) is 0 Å². The Balaban J connectivity index is 2.57. The highest BCUT2D eigenvalue weighted by Gasteiger charge is 2.38. The van der Waals surface area contributed by atoms with Gasteiger partial charge in [-0.3, -0.25) is 4.68 Å². The minimum absolute atomic E-state index is 0.00199. The van der Waals surface area contributed by atoms with Gasteiger partial charge in [-0.2, -0.15) is 23.5 Å². The van der Waals surface area contributed by atoms with Gasteiger partial charge in [0, 0.05) is 23.4 Å². The Morgan fingerprint density at radius 3 is 2.46 bits per heavy atom. The van der Waals surface area contributed by atoms with Gasteiger partial charge in [0.15, 0.2) is 5.69 Å². The molecule has 0 aliphatic heterocycles. The topological polar surface area (TPSA) is 54.5 Å². The maximum atomic E-state index is 13.1. The molecule has 2 heterocycles. The summed E-state index contributed by atoms with van der Waals surface area (Å²) >= 11 is 7.27. The van der Waals surface area contributed by atoms with Crippen molar-refractivity contribution in [3.63, 3.8) is 0 Å². The van der Waals surface area contributed by atoms with E-state index in [1.54, 1.807) is 5.38 Å². The third-order valence-electron chi connectivity index (χ3n) is 3.11. The molecule has 0 fully saturated rings. The van der Waals surface area contributed by atoms with Gasteiger partial charge >= 0.3 is 6.18 Å². The van der Waals surface area contributed by atoms with Crippen molar-refractivity contribution >= 4 is 34.6 Å². The highest BCUT2D eigenvalue weighted by molar-refractivity contribution is 7.09. The molecule has 2 aromatic rings. The lowest BCUT2D eigenvalue weighted by atomic mass is 9.98. The molecule has 0 spiro atoms. The van der Waals surface area contributed by atoms with E-state index in [2.05, 4.69) is 10.1 Å². The van der Waals surface area contributed by atoms with Crippen LogP contribution in [0.1, 0.15) is 42.7 Å². The van der Waals surface area contributed by atoms with Crippen molar-refractivity contribution in [2.24, 2.45) is 7.05 Å². The molecule has 0 amide bonds. The van der Waals surface area contributed by atoms with Crippen molar-refractivity contribution in [2.75, 3.05) is 0 Å². The molecule has 0 N–H and O–H groups in total. The molecule has 24 heavy (non-hydrogen) atoms. The maximum Gasteiger partial charge on any atom is 0.435 e. The molecule has 0 aliphatic rings. The summed E-state index contributed by atoms with van der Waals surface area (Å²) in [5.74, 6) is 0. The summed E-state index contributed by atoms with van der Waals surface area (Å²) in [6.07, 6.45) is -3.59. The Bertz CT molecular complexity index is 834. The van der Waals surface area contributed by atoms with Crippen molar-refractivity contribution in [1.82, 2.24) is 14.8 Å². The quantitative estimate of drug-likeness (QED) is 0.702. The van der Waals surface area contributed by atoms with Gasteiger partial charge in [-0.1, -0.05) is 32.4 Å². The smallest absolute Gasteiger partial charge is 0.256 e. The van der Waals surface area contributed by atoms with Crippen LogP contribution in [0.5, 0.6) is 0 Å². The molecule has 4 nitrogen and oxygen atoms in total. The molecule has 0 aliphatic carbocycles. The summed E-state index contributed by atoms with van der Waals surface area (Å²) in [6, 6.07) is 1.89. The largest absolute Gasteiger partial charge is 0.435 e. The average molecular weight is 375 g/mol. The van der Waals surface area contributed by atoms with Crippen LogP contribution in [0, 0.1) is 11.3 Å². The molecule has 0 aromatic carbocycles. The first-order valence-corrected chi connectivity index (χ1v) is 8.08. The standard InChI is InChI=1S/C15H14ClF3N4S/c1-14(2,3)13-21-10(7-24-13)8(6-20)5-9-11(15(17,18)19)22-23(4)12(9)16/h5,7H,1-4H3/b8-5+. The highest BCUT2D eigenvalue weighted by Crippen LogP contribution is 2.36. The summed E-state index contributed by atoms with van der Waals surface area (Å²) < 4.78 is 40.2. The fraction of sp³-hybridized carbons (Fsp3) is 0.400. The second-order valence-corrected chi connectivity index (χ2v) is 7.35. The van der Waals surface area contributed by atoms with Gasteiger partial charge in [-0.25, -0.2) is 4.98 Å². The third kappa shape index (κ3) is 3.62. The SMILES string of the molecule is Cn1nc(C(F)(F)F)c(/C=C(\C#N)c2csc(C(C)(C)C)n2)c1Cl. The third-order valence-corrected chi connectivity index (χ3v) is 4.83. The number of nitrogens with zero attached hydrogens (tertiary/aromatic N) is 4. The minimum Gasteiger partial charge on any atom is -0.256 e. The second-order valence-electron chi connectivity index (χ2n) is 6.13. The number of hydrogen-bond acceptors (Lipinski definition) is 4. The van der Waals surface area contributed by atoms with Crippen LogP contribution < -0.4 is 0 Å². The molecule has 2 aromatic heterocycles. The molecule has 0 bridgehead atoms. The van der Waals surface area contributed by atoms with Crippen LogP contribution in [0.4, 0.5) is 13.2 Å². The molecule has 9 heteroatoms. The monoisotopic (exact) mass is 374 g/mol. The zero-order chi connectivity index (χ0) is 18.3. The summed E-state index contributed by atoms with van der Waals surface area (Å²) in [5, 5.41) is 15.0. The predicted molar refractivity (Wildman–Crippen MR) is 87.5 cm³/mol. The number of aromatic nitrogens is 3. The Morgan fingerprint density at radius 1 is 1.38 bits per heavy atom. The number of aryl methyl sites for hydroxylation is 1. The van der Waals surface area contributed by atoms with Crippen LogP contribution in [0.2, 0.25) is 5.15 Å². The van der Waals surface area contributed by atoms with E-state index < -0.39 is 11.9 Å². The number of halogens is 4. The van der Waals surface area contributed by atoms with Crippen molar-refractivity contribution in [2.45, 2.75) is 32.4 Å². The van der Waals surface area contributed by atoms with E-state index in [4.69, 9.17) is 11.6 Å². The molecule has 0 atom stereocenters. The van der Waals surface area contributed by atoms with E-state index in [9.17, 15) is 18.4 Å². The summed E-state index contributed by atoms with van der Waals surface area (Å²) in [6.45, 7) is 5.89. The number of nitriles is 1. The molecule has 0 saturated carbocycles. The number of thiazole rings is 1. The molecular formula is C15H14ClF3N4S. The fourth-order valence-electron chi connectivity index (χ4n) is 1.91. The van der Waals surface area contributed by atoms with Crippen LogP contribution in [0.25, 0.3) is 11.6 Å². The van der Waals surface area contributed by atoms with E-state index in [1.165, 1.54) is 18.4 Å². The summed E-state index contributed by atoms with van der Waals surface area (Å²) in [7, 11) is 1.31. The fourth-order valence-corrected chi connectivity index (χ4v) is 3.00. The van der Waals surface area contributed by atoms with E-state index in [0.29, 0.717) is 5.69 Å². The molecule has 128 valence electrons. The van der Waals surface area contributed by atoms with E-state index in [0.717, 1.165) is 15.8 Å². The van der Waals surface area contributed by atoms with Crippen LogP contribution in [0.3, 0.4) is 0 Å². The van der Waals surface area contributed by atoms with Crippen LogP contribution in [0.15, 0.2) is 5.38 Å². The van der Waals surface area contributed by atoms with E-state index in [1.807, 2.05) is 26.8 Å². The van der Waals surface area contributed by atoms with Crippen LogP contribution in [-0.2, 0) is 18.6 Å². The number of alkyl halides is 3. The van der Waals surface area contributed by atoms with E-state index >= 15 is 0 Å². The number of rotatable bonds is 2. The molecular weight excluding hydrogens is 361 g/mol. The second kappa shape index (κ2) is 6.22. The normalized spacial score (nSPS) is 13.2. The lowest BCUT2D eigenvalue weighted by Crippen LogP contribution is -2.10. The van der Waals surface area contributed by atoms with Gasteiger partial charge < -0.3 is 0 Å². The predicted octanol–water partition coefficient (Wildman–Crippen LogP) is 4.91. The first-order valence-electron chi connectivity index (χ1n) is 6.83. The first-order chi connectivity index (χ1) is 10.9.